The molecule has 0 aromatic carbocycles. The van der Waals surface area contributed by atoms with Crippen molar-refractivity contribution in [3.05, 3.63) is 12.4 Å². The van der Waals surface area contributed by atoms with Crippen LogP contribution in [0.5, 0.6) is 0 Å². The maximum Gasteiger partial charge on any atom is 0.247 e. The van der Waals surface area contributed by atoms with Crippen LogP contribution < -0.4 is 5.32 Å². The number of piperidine rings is 1. The number of amides is 2. The standard InChI is InChI=1S/C14H22N4O2/c1-10(2)7-12(18-6-4-3-5-13(18)19)14(20)17-11-8-15-16-9-11/h8-10,12H,3-7H2,1-2H3,(H,15,16)(H,17,20). The first kappa shape index (κ1) is 14.6. The number of carbonyl (C=O) groups is 2. The number of nitrogens with one attached hydrogen (secondary N) is 2. The van der Waals surface area contributed by atoms with Crippen LogP contribution in [0.3, 0.4) is 0 Å². The van der Waals surface area contributed by atoms with Gasteiger partial charge < -0.3 is 10.2 Å². The van der Waals surface area contributed by atoms with Crippen LogP contribution in [0.15, 0.2) is 12.4 Å². The summed E-state index contributed by atoms with van der Waals surface area (Å²) in [6.45, 7) is 4.80. The molecule has 0 spiro atoms. The van der Waals surface area contributed by atoms with Gasteiger partial charge in [-0.1, -0.05) is 13.8 Å². The van der Waals surface area contributed by atoms with Crippen molar-refractivity contribution in [1.29, 1.82) is 0 Å². The van der Waals surface area contributed by atoms with E-state index in [-0.39, 0.29) is 11.8 Å². The van der Waals surface area contributed by atoms with E-state index >= 15 is 0 Å². The molecule has 1 atom stereocenters. The van der Waals surface area contributed by atoms with Crippen molar-refractivity contribution >= 4 is 17.5 Å². The molecule has 1 aromatic heterocycles. The molecule has 6 nitrogen and oxygen atoms in total. The highest BCUT2D eigenvalue weighted by atomic mass is 16.2. The lowest BCUT2D eigenvalue weighted by molar-refractivity contribution is -0.141. The summed E-state index contributed by atoms with van der Waals surface area (Å²) in [7, 11) is 0. The van der Waals surface area contributed by atoms with Gasteiger partial charge in [0.05, 0.1) is 11.9 Å². The first-order chi connectivity index (χ1) is 9.58. The van der Waals surface area contributed by atoms with Crippen molar-refractivity contribution in [2.75, 3.05) is 11.9 Å². The van der Waals surface area contributed by atoms with Gasteiger partial charge in [-0.25, -0.2) is 0 Å². The van der Waals surface area contributed by atoms with Crippen molar-refractivity contribution in [2.45, 2.75) is 45.6 Å². The Hall–Kier alpha value is -1.85. The average molecular weight is 278 g/mol. The highest BCUT2D eigenvalue weighted by molar-refractivity contribution is 5.97. The molecule has 0 bridgehead atoms. The number of anilines is 1. The largest absolute Gasteiger partial charge is 0.331 e. The molecule has 0 radical (unpaired) electrons. The van der Waals surface area contributed by atoms with E-state index in [0.717, 1.165) is 12.8 Å². The first-order valence-corrected chi connectivity index (χ1v) is 7.17. The normalized spacial score (nSPS) is 17.4. The van der Waals surface area contributed by atoms with Crippen LogP contribution in [0.2, 0.25) is 0 Å². The molecule has 1 saturated heterocycles. The number of aromatic nitrogens is 2. The zero-order chi connectivity index (χ0) is 14.5. The van der Waals surface area contributed by atoms with Crippen molar-refractivity contribution in [1.82, 2.24) is 15.1 Å². The summed E-state index contributed by atoms with van der Waals surface area (Å²) in [5.74, 6) is 0.310. The van der Waals surface area contributed by atoms with E-state index in [9.17, 15) is 9.59 Å². The molecule has 2 amide bonds. The van der Waals surface area contributed by atoms with Gasteiger partial charge in [0.15, 0.2) is 0 Å². The topological polar surface area (TPSA) is 78.1 Å². The summed E-state index contributed by atoms with van der Waals surface area (Å²) in [6.07, 6.45) is 6.31. The van der Waals surface area contributed by atoms with Crippen LogP contribution in [-0.2, 0) is 9.59 Å². The number of nitrogens with zero attached hydrogens (tertiary/aromatic N) is 2. The monoisotopic (exact) mass is 278 g/mol. The summed E-state index contributed by atoms with van der Waals surface area (Å²) < 4.78 is 0. The summed E-state index contributed by atoms with van der Waals surface area (Å²) >= 11 is 0. The van der Waals surface area contributed by atoms with Crippen molar-refractivity contribution < 1.29 is 9.59 Å². The lowest BCUT2D eigenvalue weighted by Crippen LogP contribution is -2.49. The molecule has 2 heterocycles. The van der Waals surface area contributed by atoms with Crippen molar-refractivity contribution in [3.63, 3.8) is 0 Å². The minimum atomic E-state index is -0.391. The second-order valence-electron chi connectivity index (χ2n) is 5.67. The Labute approximate surface area is 118 Å². The third-order valence-corrected chi connectivity index (χ3v) is 3.50. The smallest absolute Gasteiger partial charge is 0.247 e. The third-order valence-electron chi connectivity index (χ3n) is 3.50. The fraction of sp³-hybridized carbons (Fsp3) is 0.643. The van der Waals surface area contributed by atoms with E-state index in [2.05, 4.69) is 29.4 Å². The Balaban J connectivity index is 2.09. The fourth-order valence-electron chi connectivity index (χ4n) is 2.52. The minimum absolute atomic E-state index is 0.0873. The SMILES string of the molecule is CC(C)CC(C(=O)Nc1cn[nH]c1)N1CCCCC1=O. The maximum atomic E-state index is 12.4. The highest BCUT2D eigenvalue weighted by Crippen LogP contribution is 2.20. The molecular weight excluding hydrogens is 256 g/mol. The van der Waals surface area contributed by atoms with E-state index in [0.29, 0.717) is 31.0 Å². The molecule has 1 aliphatic heterocycles. The molecule has 1 fully saturated rings. The van der Waals surface area contributed by atoms with Gasteiger partial charge in [-0.05, 0) is 25.2 Å². The molecule has 0 saturated carbocycles. The molecule has 6 heteroatoms. The Morgan fingerprint density at radius 2 is 2.30 bits per heavy atom. The number of aromatic amines is 1. The molecule has 0 aliphatic carbocycles. The second kappa shape index (κ2) is 6.54. The van der Waals surface area contributed by atoms with Gasteiger partial charge in [0.2, 0.25) is 11.8 Å². The van der Waals surface area contributed by atoms with E-state index in [1.54, 1.807) is 17.3 Å². The molecule has 1 aliphatic rings. The van der Waals surface area contributed by atoms with E-state index in [1.165, 1.54) is 0 Å². The van der Waals surface area contributed by atoms with Crippen LogP contribution in [0.25, 0.3) is 0 Å². The zero-order valence-corrected chi connectivity index (χ0v) is 12.1. The first-order valence-electron chi connectivity index (χ1n) is 7.17. The van der Waals surface area contributed by atoms with Gasteiger partial charge in [-0.15, -0.1) is 0 Å². The predicted octanol–water partition coefficient (Wildman–Crippen LogP) is 1.78. The van der Waals surface area contributed by atoms with Crippen LogP contribution in [0.1, 0.15) is 39.5 Å². The Bertz CT molecular complexity index is 456. The predicted molar refractivity (Wildman–Crippen MR) is 76.0 cm³/mol. The van der Waals surface area contributed by atoms with Crippen LogP contribution in [0.4, 0.5) is 5.69 Å². The van der Waals surface area contributed by atoms with E-state index < -0.39 is 6.04 Å². The number of hydrogen-bond acceptors (Lipinski definition) is 3. The number of hydrogen-bond donors (Lipinski definition) is 2. The molecule has 20 heavy (non-hydrogen) atoms. The Kier molecular flexibility index (Phi) is 4.76. The Morgan fingerprint density at radius 3 is 2.90 bits per heavy atom. The van der Waals surface area contributed by atoms with Gasteiger partial charge in [-0.3, -0.25) is 14.7 Å². The van der Waals surface area contributed by atoms with Crippen LogP contribution in [0, 0.1) is 5.92 Å². The van der Waals surface area contributed by atoms with Gasteiger partial charge >= 0.3 is 0 Å². The van der Waals surface area contributed by atoms with Gasteiger partial charge in [0, 0.05) is 19.2 Å². The molecule has 110 valence electrons. The van der Waals surface area contributed by atoms with E-state index in [4.69, 9.17) is 0 Å². The summed E-state index contributed by atoms with van der Waals surface area (Å²) in [5, 5.41) is 9.28. The van der Waals surface area contributed by atoms with Gasteiger partial charge in [0.25, 0.3) is 0 Å². The Morgan fingerprint density at radius 1 is 1.50 bits per heavy atom. The van der Waals surface area contributed by atoms with Gasteiger partial charge in [-0.2, -0.15) is 5.10 Å². The van der Waals surface area contributed by atoms with E-state index in [1.807, 2.05) is 0 Å². The number of likely N-dealkylation sites (tertiary alicyclic amines) is 1. The number of H-pyrrole nitrogens is 1. The second-order valence-corrected chi connectivity index (χ2v) is 5.67. The summed E-state index contributed by atoms with van der Waals surface area (Å²) in [5.41, 5.74) is 0.633. The minimum Gasteiger partial charge on any atom is -0.331 e. The van der Waals surface area contributed by atoms with Crippen molar-refractivity contribution in [3.8, 4) is 0 Å². The van der Waals surface area contributed by atoms with Crippen LogP contribution in [-0.4, -0.2) is 39.5 Å². The lowest BCUT2D eigenvalue weighted by Gasteiger charge is -2.34. The number of rotatable bonds is 5. The molecule has 2 rings (SSSR count). The number of carbonyl (C=O) groups excluding carboxylic acids is 2. The molecular formula is C14H22N4O2. The molecule has 2 N–H and O–H groups in total. The quantitative estimate of drug-likeness (QED) is 0.861. The highest BCUT2D eigenvalue weighted by Gasteiger charge is 2.31. The summed E-state index contributed by atoms with van der Waals surface area (Å²) in [4.78, 5) is 26.2. The average Bonchev–Trinajstić information content (AvgIpc) is 2.89. The van der Waals surface area contributed by atoms with Gasteiger partial charge in [0.1, 0.15) is 6.04 Å². The zero-order valence-electron chi connectivity index (χ0n) is 12.1. The molecule has 1 unspecified atom stereocenters. The summed E-state index contributed by atoms with van der Waals surface area (Å²) in [6, 6.07) is -0.391. The third kappa shape index (κ3) is 3.59. The maximum absolute atomic E-state index is 12.4. The van der Waals surface area contributed by atoms with Crippen LogP contribution >= 0.6 is 0 Å². The lowest BCUT2D eigenvalue weighted by atomic mass is 9.98. The van der Waals surface area contributed by atoms with Crippen molar-refractivity contribution in [2.24, 2.45) is 5.92 Å². The fourth-order valence-corrected chi connectivity index (χ4v) is 2.52. The molecule has 1 aromatic rings.